The molecule has 0 radical (unpaired) electrons. The van der Waals surface area contributed by atoms with E-state index in [0.717, 1.165) is 12.0 Å². The molecule has 0 aliphatic heterocycles. The number of rotatable bonds is 6. The molecule has 1 unspecified atom stereocenters. The number of fused-ring (bicyclic) bond motifs is 1. The lowest BCUT2D eigenvalue weighted by Crippen LogP contribution is -2.09. The van der Waals surface area contributed by atoms with E-state index in [1.165, 1.54) is 36.4 Å². The van der Waals surface area contributed by atoms with Crippen LogP contribution < -0.4 is 16.1 Å². The lowest BCUT2D eigenvalue weighted by Gasteiger charge is -2.10. The number of anilines is 2. The first kappa shape index (κ1) is 21.1. The van der Waals surface area contributed by atoms with Crippen LogP contribution in [0, 0.1) is 5.82 Å². The standard InChI is InChI=1S/C17H16FN6O5PS/c1-27-30(25,26)29-24-7-8(5-22-24)10-6-21-15(14-16(10)28-23-17(14)20)9-3-13(31-2)12(19)4-11(9)18/h3-7H,19H2,1-2H3,(H2,20,23)(H,25,26). The lowest BCUT2D eigenvalue weighted by atomic mass is 10.0. The quantitative estimate of drug-likeness (QED) is 0.217. The number of hydrogen-bond acceptors (Lipinski definition) is 10. The van der Waals surface area contributed by atoms with E-state index >= 15 is 0 Å². The summed E-state index contributed by atoms with van der Waals surface area (Å²) in [5, 5.41) is 7.93. The number of phosphoric ester groups is 1. The van der Waals surface area contributed by atoms with Gasteiger partial charge in [-0.05, 0) is 18.4 Å². The molecule has 0 aliphatic carbocycles. The molecule has 3 heterocycles. The summed E-state index contributed by atoms with van der Waals surface area (Å²) in [5.41, 5.74) is 13.6. The van der Waals surface area contributed by atoms with Crippen LogP contribution in [0.3, 0.4) is 0 Å². The van der Waals surface area contributed by atoms with Gasteiger partial charge in [-0.1, -0.05) is 10.0 Å². The Hall–Kier alpha value is -3.12. The molecule has 1 aromatic carbocycles. The number of pyridine rings is 1. The molecule has 4 aromatic rings. The van der Waals surface area contributed by atoms with Crippen molar-refractivity contribution in [3.63, 3.8) is 0 Å². The van der Waals surface area contributed by atoms with Crippen LogP contribution in [0.2, 0.25) is 0 Å². The zero-order valence-electron chi connectivity index (χ0n) is 16.1. The van der Waals surface area contributed by atoms with E-state index in [-0.39, 0.29) is 22.7 Å². The highest BCUT2D eigenvalue weighted by molar-refractivity contribution is 7.98. The first-order chi connectivity index (χ1) is 14.7. The Morgan fingerprint density at radius 2 is 2.06 bits per heavy atom. The Morgan fingerprint density at radius 3 is 2.77 bits per heavy atom. The number of phosphoric acid groups is 1. The van der Waals surface area contributed by atoms with E-state index in [1.807, 2.05) is 6.26 Å². The predicted molar refractivity (Wildman–Crippen MR) is 112 cm³/mol. The zero-order chi connectivity index (χ0) is 22.3. The second-order valence-electron chi connectivity index (χ2n) is 6.23. The minimum Gasteiger partial charge on any atom is -0.398 e. The van der Waals surface area contributed by atoms with Crippen LogP contribution in [0.4, 0.5) is 15.9 Å². The number of aromatic nitrogens is 4. The second kappa shape index (κ2) is 7.85. The normalized spacial score (nSPS) is 13.4. The van der Waals surface area contributed by atoms with Gasteiger partial charge >= 0.3 is 7.82 Å². The van der Waals surface area contributed by atoms with Gasteiger partial charge in [0.25, 0.3) is 0 Å². The van der Waals surface area contributed by atoms with E-state index in [2.05, 4.69) is 19.8 Å². The fraction of sp³-hybridized carbons (Fsp3) is 0.118. The molecule has 14 heteroatoms. The van der Waals surface area contributed by atoms with E-state index in [0.29, 0.717) is 27.1 Å². The van der Waals surface area contributed by atoms with Gasteiger partial charge in [-0.3, -0.25) is 19.0 Å². The maximum absolute atomic E-state index is 14.7. The summed E-state index contributed by atoms with van der Waals surface area (Å²) < 4.78 is 40.8. The lowest BCUT2D eigenvalue weighted by molar-refractivity contribution is 0.138. The Labute approximate surface area is 178 Å². The van der Waals surface area contributed by atoms with Gasteiger partial charge in [0, 0.05) is 40.6 Å². The third-order valence-electron chi connectivity index (χ3n) is 4.39. The number of thioether (sulfide) groups is 1. The number of nitrogen functional groups attached to an aromatic ring is 2. The van der Waals surface area contributed by atoms with E-state index in [9.17, 15) is 13.8 Å². The van der Waals surface area contributed by atoms with Crippen LogP contribution in [0.25, 0.3) is 33.4 Å². The topological polar surface area (TPSA) is 165 Å². The monoisotopic (exact) mass is 466 g/mol. The van der Waals surface area contributed by atoms with E-state index in [1.54, 1.807) is 6.07 Å². The molecule has 5 N–H and O–H groups in total. The van der Waals surface area contributed by atoms with Crippen molar-refractivity contribution < 1.29 is 27.5 Å². The summed E-state index contributed by atoms with van der Waals surface area (Å²) in [6, 6.07) is 2.80. The largest absolute Gasteiger partial charge is 0.547 e. The van der Waals surface area contributed by atoms with Crippen LogP contribution in [-0.2, 0) is 9.09 Å². The van der Waals surface area contributed by atoms with Crippen LogP contribution in [0.15, 0.2) is 40.1 Å². The molecule has 1 atom stereocenters. The molecule has 162 valence electrons. The fourth-order valence-corrected chi connectivity index (χ4v) is 3.83. The maximum Gasteiger partial charge on any atom is 0.547 e. The molecule has 0 fully saturated rings. The number of benzene rings is 1. The molecule has 0 aliphatic rings. The molecular weight excluding hydrogens is 450 g/mol. The molecule has 4 rings (SSSR count). The van der Waals surface area contributed by atoms with Crippen molar-refractivity contribution >= 4 is 42.1 Å². The van der Waals surface area contributed by atoms with Crippen molar-refractivity contribution in [1.82, 2.24) is 20.1 Å². The van der Waals surface area contributed by atoms with Crippen LogP contribution in [0.5, 0.6) is 0 Å². The molecule has 3 aromatic heterocycles. The van der Waals surface area contributed by atoms with Crippen molar-refractivity contribution in [2.75, 3.05) is 24.8 Å². The Morgan fingerprint density at radius 1 is 1.29 bits per heavy atom. The van der Waals surface area contributed by atoms with Gasteiger partial charge in [0.2, 0.25) is 0 Å². The van der Waals surface area contributed by atoms with Crippen LogP contribution in [0.1, 0.15) is 0 Å². The first-order valence-corrected chi connectivity index (χ1v) is 11.3. The predicted octanol–water partition coefficient (Wildman–Crippen LogP) is 2.95. The van der Waals surface area contributed by atoms with Gasteiger partial charge in [0.05, 0.1) is 23.5 Å². The number of hydrogen-bond donors (Lipinski definition) is 3. The Bertz CT molecular complexity index is 1340. The number of nitrogens with zero attached hydrogens (tertiary/aromatic N) is 4. The van der Waals surface area contributed by atoms with Gasteiger partial charge in [0.15, 0.2) is 11.4 Å². The maximum atomic E-state index is 14.7. The first-order valence-electron chi connectivity index (χ1n) is 8.55. The molecule has 11 nitrogen and oxygen atoms in total. The number of halogens is 1. The summed E-state index contributed by atoms with van der Waals surface area (Å²) in [7, 11) is -3.29. The zero-order valence-corrected chi connectivity index (χ0v) is 17.9. The van der Waals surface area contributed by atoms with Gasteiger partial charge in [-0.25, -0.2) is 8.96 Å². The molecule has 31 heavy (non-hydrogen) atoms. The summed E-state index contributed by atoms with van der Waals surface area (Å²) in [5.74, 6) is -0.555. The van der Waals surface area contributed by atoms with Crippen LogP contribution in [-0.4, -0.2) is 38.3 Å². The highest BCUT2D eigenvalue weighted by Crippen LogP contribution is 2.41. The van der Waals surface area contributed by atoms with Gasteiger partial charge in [-0.2, -0.15) is 0 Å². The summed E-state index contributed by atoms with van der Waals surface area (Å²) >= 11 is 1.37. The summed E-state index contributed by atoms with van der Waals surface area (Å²) in [6.45, 7) is 0. The second-order valence-corrected chi connectivity index (χ2v) is 8.54. The van der Waals surface area contributed by atoms with E-state index < -0.39 is 13.6 Å². The van der Waals surface area contributed by atoms with Gasteiger partial charge in [0.1, 0.15) is 5.82 Å². The third-order valence-corrected chi connectivity index (χ3v) is 6.01. The highest BCUT2D eigenvalue weighted by Gasteiger charge is 2.24. The van der Waals surface area contributed by atoms with Gasteiger partial charge < -0.3 is 16.0 Å². The Balaban J connectivity index is 1.85. The molecule has 0 saturated carbocycles. The Kier molecular flexibility index (Phi) is 5.35. The average molecular weight is 466 g/mol. The smallest absolute Gasteiger partial charge is 0.398 e. The number of nitrogens with two attached hydrogens (primary N) is 2. The van der Waals surface area contributed by atoms with E-state index in [4.69, 9.17) is 20.6 Å². The average Bonchev–Trinajstić information content (AvgIpc) is 3.35. The molecule has 0 bridgehead atoms. The molecule has 0 amide bonds. The van der Waals surface area contributed by atoms with Crippen molar-refractivity contribution in [3.8, 4) is 22.4 Å². The fourth-order valence-electron chi connectivity index (χ4n) is 2.93. The van der Waals surface area contributed by atoms with Crippen molar-refractivity contribution in [2.45, 2.75) is 4.90 Å². The molecular formula is C17H16FN6O5PS. The third kappa shape index (κ3) is 3.83. The van der Waals surface area contributed by atoms with Crippen molar-refractivity contribution in [3.05, 3.63) is 36.5 Å². The minimum absolute atomic E-state index is 0.0177. The highest BCUT2D eigenvalue weighted by atomic mass is 32.2. The van der Waals surface area contributed by atoms with Crippen molar-refractivity contribution in [2.24, 2.45) is 0 Å². The molecule has 0 spiro atoms. The molecule has 0 saturated heterocycles. The SMILES string of the molecule is COP(=O)(O)On1cc(-c2cnc(-c3cc(SC)c(N)cc3F)c3c(N)noc23)cn1. The summed E-state index contributed by atoms with van der Waals surface area (Å²) in [4.78, 5) is 15.2. The van der Waals surface area contributed by atoms with Crippen LogP contribution >= 0.6 is 19.6 Å². The van der Waals surface area contributed by atoms with Gasteiger partial charge in [-0.15, -0.1) is 16.9 Å². The minimum atomic E-state index is -4.31. The summed E-state index contributed by atoms with van der Waals surface area (Å²) in [6.07, 6.45) is 5.90. The van der Waals surface area contributed by atoms with Crippen molar-refractivity contribution in [1.29, 1.82) is 0 Å².